The molecule has 0 N–H and O–H groups in total. The van der Waals surface area contributed by atoms with Crippen LogP contribution in [0.2, 0.25) is 10.0 Å². The summed E-state index contributed by atoms with van der Waals surface area (Å²) in [4.78, 5) is 15.2. The fraction of sp³-hybridized carbons (Fsp3) is 0. The molecule has 0 unspecified atom stereocenters. The molecule has 0 bridgehead atoms. The van der Waals surface area contributed by atoms with Crippen molar-refractivity contribution in [2.45, 2.75) is 0 Å². The third-order valence-corrected chi connectivity index (χ3v) is 4.90. The van der Waals surface area contributed by atoms with E-state index in [1.807, 2.05) is 30.3 Å². The number of rotatable bonds is 5. The summed E-state index contributed by atoms with van der Waals surface area (Å²) in [5.41, 5.74) is 2.14. The van der Waals surface area contributed by atoms with E-state index in [2.05, 4.69) is 4.98 Å². The summed E-state index contributed by atoms with van der Waals surface area (Å²) in [5, 5.41) is 13.1. The van der Waals surface area contributed by atoms with E-state index in [9.17, 15) is 10.1 Å². The number of hydrogen-bond acceptors (Lipinski definition) is 4. The van der Waals surface area contributed by atoms with E-state index in [0.29, 0.717) is 20.7 Å². The number of nitro groups is 1. The molecular weight excluding hydrogens is 391 g/mol. The normalized spacial score (nSPS) is 11.5. The van der Waals surface area contributed by atoms with Crippen LogP contribution in [0.25, 0.3) is 24.3 Å². The predicted molar refractivity (Wildman–Crippen MR) is 110 cm³/mol. The van der Waals surface area contributed by atoms with Crippen molar-refractivity contribution in [1.29, 1.82) is 0 Å². The lowest BCUT2D eigenvalue weighted by Gasteiger charge is -1.93. The summed E-state index contributed by atoms with van der Waals surface area (Å²) in [6.07, 6.45) is 6.99. The third-order valence-electron chi connectivity index (χ3n) is 3.41. The number of thiazole rings is 1. The molecule has 0 amide bonds. The molecule has 0 saturated heterocycles. The van der Waals surface area contributed by atoms with E-state index in [1.54, 1.807) is 42.5 Å². The monoisotopic (exact) mass is 402 g/mol. The zero-order valence-electron chi connectivity index (χ0n) is 13.3. The molecular formula is C19H12Cl2N2O2S. The van der Waals surface area contributed by atoms with Gasteiger partial charge in [-0.1, -0.05) is 59.6 Å². The summed E-state index contributed by atoms with van der Waals surface area (Å²) in [6.45, 7) is 0. The van der Waals surface area contributed by atoms with Crippen LogP contribution >= 0.6 is 34.5 Å². The SMILES string of the molecule is O=[N+]([O-])c1sc(/C=C/c2ccc(Cl)cc2)nc1/C=C/c1ccc(Cl)cc1. The Morgan fingerprint density at radius 3 is 1.85 bits per heavy atom. The number of benzene rings is 2. The van der Waals surface area contributed by atoms with E-state index in [1.165, 1.54) is 0 Å². The molecule has 0 fully saturated rings. The van der Waals surface area contributed by atoms with Crippen molar-refractivity contribution in [2.75, 3.05) is 0 Å². The maximum absolute atomic E-state index is 11.3. The van der Waals surface area contributed by atoms with Crippen molar-refractivity contribution >= 4 is 63.8 Å². The van der Waals surface area contributed by atoms with Crippen LogP contribution in [0, 0.1) is 10.1 Å². The van der Waals surface area contributed by atoms with E-state index in [-0.39, 0.29) is 5.00 Å². The summed E-state index contributed by atoms with van der Waals surface area (Å²) in [5.74, 6) is 0. The predicted octanol–water partition coefficient (Wildman–Crippen LogP) is 6.70. The highest BCUT2D eigenvalue weighted by atomic mass is 35.5. The lowest BCUT2D eigenvalue weighted by atomic mass is 10.2. The van der Waals surface area contributed by atoms with Gasteiger partial charge < -0.3 is 0 Å². The summed E-state index contributed by atoms with van der Waals surface area (Å²) >= 11 is 12.7. The summed E-state index contributed by atoms with van der Waals surface area (Å²) in [7, 11) is 0. The topological polar surface area (TPSA) is 56.0 Å². The molecule has 2 aromatic carbocycles. The Balaban J connectivity index is 1.85. The molecule has 0 aliphatic carbocycles. The molecule has 1 heterocycles. The molecule has 0 spiro atoms. The molecule has 0 aliphatic rings. The molecule has 0 atom stereocenters. The Labute approximate surface area is 164 Å². The second-order valence-corrected chi connectivity index (χ2v) is 7.15. The average Bonchev–Trinajstić information content (AvgIpc) is 3.04. The van der Waals surface area contributed by atoms with Crippen LogP contribution in [0.15, 0.2) is 48.5 Å². The van der Waals surface area contributed by atoms with Crippen LogP contribution < -0.4 is 0 Å². The lowest BCUT2D eigenvalue weighted by Crippen LogP contribution is -1.86. The van der Waals surface area contributed by atoms with Crippen molar-refractivity contribution in [3.63, 3.8) is 0 Å². The van der Waals surface area contributed by atoms with Gasteiger partial charge in [0.2, 0.25) is 0 Å². The van der Waals surface area contributed by atoms with Crippen molar-refractivity contribution in [1.82, 2.24) is 4.98 Å². The largest absolute Gasteiger partial charge is 0.351 e. The first-order valence-electron chi connectivity index (χ1n) is 7.54. The van der Waals surface area contributed by atoms with Crippen molar-refractivity contribution < 1.29 is 4.92 Å². The van der Waals surface area contributed by atoms with Gasteiger partial charge in [0.05, 0.1) is 4.92 Å². The van der Waals surface area contributed by atoms with Gasteiger partial charge in [-0.25, -0.2) is 4.98 Å². The molecule has 0 aliphatic heterocycles. The first kappa shape index (κ1) is 18.3. The number of nitrogens with zero attached hydrogens (tertiary/aromatic N) is 2. The van der Waals surface area contributed by atoms with Gasteiger partial charge in [0.15, 0.2) is 5.69 Å². The molecule has 0 saturated carbocycles. The van der Waals surface area contributed by atoms with Crippen LogP contribution in [0.1, 0.15) is 21.8 Å². The van der Waals surface area contributed by atoms with Gasteiger partial charge in [-0.3, -0.25) is 10.1 Å². The zero-order chi connectivity index (χ0) is 18.5. The van der Waals surface area contributed by atoms with E-state index in [4.69, 9.17) is 23.2 Å². The van der Waals surface area contributed by atoms with Gasteiger partial charge in [-0.05, 0) is 58.9 Å². The summed E-state index contributed by atoms with van der Waals surface area (Å²) < 4.78 is 0. The molecule has 1 aromatic heterocycles. The third kappa shape index (κ3) is 4.79. The minimum absolute atomic E-state index is 0.00553. The van der Waals surface area contributed by atoms with Crippen LogP contribution in [-0.2, 0) is 0 Å². The van der Waals surface area contributed by atoms with Gasteiger partial charge in [0.1, 0.15) is 5.01 Å². The minimum atomic E-state index is -0.418. The Morgan fingerprint density at radius 1 is 0.846 bits per heavy atom. The van der Waals surface area contributed by atoms with Crippen LogP contribution in [0.3, 0.4) is 0 Å². The average molecular weight is 403 g/mol. The fourth-order valence-electron chi connectivity index (χ4n) is 2.14. The van der Waals surface area contributed by atoms with Gasteiger partial charge in [-0.2, -0.15) is 0 Å². The standard InChI is InChI=1S/C19H12Cl2N2O2S/c20-15-7-1-13(2-8-15)5-11-17-19(23(24)25)26-18(22-17)12-6-14-3-9-16(21)10-4-14/h1-12H/b11-5+,12-6+. The Bertz CT molecular complexity index is 978. The summed E-state index contributed by atoms with van der Waals surface area (Å²) in [6, 6.07) is 14.5. The highest BCUT2D eigenvalue weighted by Gasteiger charge is 2.18. The molecule has 4 nitrogen and oxygen atoms in total. The first-order valence-corrected chi connectivity index (χ1v) is 9.11. The van der Waals surface area contributed by atoms with Crippen molar-refractivity contribution in [3.05, 3.63) is 90.5 Å². The van der Waals surface area contributed by atoms with E-state index < -0.39 is 4.92 Å². The van der Waals surface area contributed by atoms with Crippen LogP contribution in [-0.4, -0.2) is 9.91 Å². The highest BCUT2D eigenvalue weighted by molar-refractivity contribution is 7.16. The lowest BCUT2D eigenvalue weighted by molar-refractivity contribution is -0.380. The number of halogens is 2. The fourth-order valence-corrected chi connectivity index (χ4v) is 3.16. The Morgan fingerprint density at radius 2 is 1.35 bits per heavy atom. The molecule has 3 aromatic rings. The van der Waals surface area contributed by atoms with Crippen LogP contribution in [0.5, 0.6) is 0 Å². The van der Waals surface area contributed by atoms with E-state index in [0.717, 1.165) is 22.5 Å². The smallest absolute Gasteiger partial charge is 0.257 e. The first-order chi connectivity index (χ1) is 12.5. The number of aromatic nitrogens is 1. The molecule has 0 radical (unpaired) electrons. The maximum atomic E-state index is 11.3. The Kier molecular flexibility index (Phi) is 5.83. The second-order valence-electron chi connectivity index (χ2n) is 5.27. The highest BCUT2D eigenvalue weighted by Crippen LogP contribution is 2.30. The van der Waals surface area contributed by atoms with Gasteiger partial charge in [0, 0.05) is 10.0 Å². The van der Waals surface area contributed by atoms with Gasteiger partial charge in [0.25, 0.3) is 0 Å². The van der Waals surface area contributed by atoms with E-state index >= 15 is 0 Å². The quantitative estimate of drug-likeness (QED) is 0.352. The second kappa shape index (κ2) is 8.27. The zero-order valence-corrected chi connectivity index (χ0v) is 15.6. The van der Waals surface area contributed by atoms with Gasteiger partial charge >= 0.3 is 5.00 Å². The van der Waals surface area contributed by atoms with Crippen molar-refractivity contribution in [3.8, 4) is 0 Å². The molecule has 3 rings (SSSR count). The van der Waals surface area contributed by atoms with Gasteiger partial charge in [-0.15, -0.1) is 0 Å². The molecule has 130 valence electrons. The number of hydrogen-bond donors (Lipinski definition) is 0. The molecule has 26 heavy (non-hydrogen) atoms. The maximum Gasteiger partial charge on any atom is 0.351 e. The Hall–Kier alpha value is -2.47. The van der Waals surface area contributed by atoms with Crippen LogP contribution in [0.4, 0.5) is 5.00 Å². The molecule has 7 heteroatoms. The van der Waals surface area contributed by atoms with Crippen molar-refractivity contribution in [2.24, 2.45) is 0 Å². The minimum Gasteiger partial charge on any atom is -0.257 e.